The van der Waals surface area contributed by atoms with E-state index in [-0.39, 0.29) is 6.10 Å². The first kappa shape index (κ1) is 12.9. The van der Waals surface area contributed by atoms with Gasteiger partial charge in [0.05, 0.1) is 19.8 Å². The second kappa shape index (κ2) is 8.52. The van der Waals surface area contributed by atoms with Gasteiger partial charge in [-0.25, -0.2) is 4.79 Å². The highest BCUT2D eigenvalue weighted by atomic mass is 16.5. The Balaban J connectivity index is 3.59. The van der Waals surface area contributed by atoms with Crippen molar-refractivity contribution in [2.75, 3.05) is 34.5 Å². The minimum absolute atomic E-state index is 0.0257. The summed E-state index contributed by atoms with van der Waals surface area (Å²) < 4.78 is 14.4. The van der Waals surface area contributed by atoms with Gasteiger partial charge in [0.25, 0.3) is 0 Å². The molecule has 0 bridgehead atoms. The molecule has 0 fully saturated rings. The zero-order valence-corrected chi connectivity index (χ0v) is 8.78. The Morgan fingerprint density at radius 3 is 2.64 bits per heavy atom. The Labute approximate surface area is 84.0 Å². The maximum atomic E-state index is 10.6. The molecule has 14 heavy (non-hydrogen) atoms. The molecule has 0 aliphatic carbocycles. The van der Waals surface area contributed by atoms with E-state index < -0.39 is 5.97 Å². The van der Waals surface area contributed by atoms with Crippen molar-refractivity contribution in [3.63, 3.8) is 0 Å². The van der Waals surface area contributed by atoms with Gasteiger partial charge in [-0.3, -0.25) is 0 Å². The predicted octanol–water partition coefficient (Wildman–Crippen LogP) is -0.0759. The van der Waals surface area contributed by atoms with Crippen LogP contribution in [-0.2, 0) is 19.0 Å². The van der Waals surface area contributed by atoms with Crippen molar-refractivity contribution in [2.24, 2.45) is 0 Å². The molecule has 0 aromatic heterocycles. The van der Waals surface area contributed by atoms with E-state index in [0.29, 0.717) is 13.2 Å². The number of rotatable bonds is 7. The lowest BCUT2D eigenvalue weighted by Gasteiger charge is -2.13. The summed E-state index contributed by atoms with van der Waals surface area (Å²) in [6.07, 6.45) is 2.80. The highest BCUT2D eigenvalue weighted by molar-refractivity contribution is 5.81. The van der Waals surface area contributed by atoms with E-state index in [0.717, 1.165) is 0 Å². The SMILES string of the molecule is COCC(CN/C=C/C(=O)OC)OC. The van der Waals surface area contributed by atoms with E-state index in [2.05, 4.69) is 10.1 Å². The third-order valence-electron chi connectivity index (χ3n) is 1.57. The summed E-state index contributed by atoms with van der Waals surface area (Å²) in [5.41, 5.74) is 0. The number of esters is 1. The number of ether oxygens (including phenoxy) is 3. The minimum Gasteiger partial charge on any atom is -0.466 e. The molecule has 0 radical (unpaired) electrons. The highest BCUT2D eigenvalue weighted by Crippen LogP contribution is 1.88. The first-order chi connectivity index (χ1) is 6.74. The monoisotopic (exact) mass is 203 g/mol. The van der Waals surface area contributed by atoms with Crippen LogP contribution in [0.1, 0.15) is 0 Å². The topological polar surface area (TPSA) is 56.8 Å². The summed E-state index contributed by atoms with van der Waals surface area (Å²) in [5, 5.41) is 2.90. The van der Waals surface area contributed by atoms with Crippen molar-refractivity contribution >= 4 is 5.97 Å². The first-order valence-electron chi connectivity index (χ1n) is 4.24. The van der Waals surface area contributed by atoms with E-state index in [1.165, 1.54) is 19.4 Å². The lowest BCUT2D eigenvalue weighted by Crippen LogP contribution is -2.29. The molecule has 0 aliphatic heterocycles. The van der Waals surface area contributed by atoms with Crippen molar-refractivity contribution in [1.29, 1.82) is 0 Å². The quantitative estimate of drug-likeness (QED) is 0.463. The molecule has 0 heterocycles. The Bertz CT molecular complexity index is 182. The molecule has 0 aromatic rings. The van der Waals surface area contributed by atoms with E-state index in [1.54, 1.807) is 14.2 Å². The Morgan fingerprint density at radius 1 is 1.43 bits per heavy atom. The second-order valence-electron chi connectivity index (χ2n) is 2.58. The smallest absolute Gasteiger partial charge is 0.331 e. The van der Waals surface area contributed by atoms with Gasteiger partial charge < -0.3 is 19.5 Å². The lowest BCUT2D eigenvalue weighted by molar-refractivity contribution is -0.134. The van der Waals surface area contributed by atoms with Gasteiger partial charge in [0.15, 0.2) is 0 Å². The van der Waals surface area contributed by atoms with Crippen LogP contribution in [0.3, 0.4) is 0 Å². The van der Waals surface area contributed by atoms with Crippen LogP contribution in [0, 0.1) is 0 Å². The van der Waals surface area contributed by atoms with Gasteiger partial charge in [0, 0.05) is 33.0 Å². The standard InChI is InChI=1S/C9H17NO4/c1-12-7-8(13-2)6-10-5-4-9(11)14-3/h4-5,8,10H,6-7H2,1-3H3/b5-4+. The molecule has 5 nitrogen and oxygen atoms in total. The third kappa shape index (κ3) is 6.45. The molecule has 5 heteroatoms. The van der Waals surface area contributed by atoms with Crippen LogP contribution in [0.2, 0.25) is 0 Å². The van der Waals surface area contributed by atoms with Crippen LogP contribution in [0.5, 0.6) is 0 Å². The molecule has 1 N–H and O–H groups in total. The maximum Gasteiger partial charge on any atom is 0.331 e. The number of hydrogen-bond acceptors (Lipinski definition) is 5. The van der Waals surface area contributed by atoms with Crippen LogP contribution >= 0.6 is 0 Å². The largest absolute Gasteiger partial charge is 0.466 e. The summed E-state index contributed by atoms with van der Waals surface area (Å²) in [7, 11) is 4.54. The fraction of sp³-hybridized carbons (Fsp3) is 0.667. The summed E-state index contributed by atoms with van der Waals surface area (Å²) in [4.78, 5) is 10.6. The molecule has 0 amide bonds. The van der Waals surface area contributed by atoms with Crippen LogP contribution in [0.15, 0.2) is 12.3 Å². The lowest BCUT2D eigenvalue weighted by atomic mass is 10.4. The van der Waals surface area contributed by atoms with Crippen LogP contribution in [-0.4, -0.2) is 46.6 Å². The zero-order valence-electron chi connectivity index (χ0n) is 8.78. The summed E-state index contributed by atoms with van der Waals surface area (Å²) in [6.45, 7) is 1.09. The Morgan fingerprint density at radius 2 is 2.14 bits per heavy atom. The van der Waals surface area contributed by atoms with E-state index >= 15 is 0 Å². The van der Waals surface area contributed by atoms with Crippen LogP contribution in [0.25, 0.3) is 0 Å². The van der Waals surface area contributed by atoms with Gasteiger partial charge in [0.1, 0.15) is 0 Å². The summed E-state index contributed by atoms with van der Waals surface area (Å²) in [6, 6.07) is 0. The van der Waals surface area contributed by atoms with Crippen molar-refractivity contribution in [1.82, 2.24) is 5.32 Å². The molecule has 82 valence electrons. The molecule has 0 aromatic carbocycles. The molecule has 0 spiro atoms. The van der Waals surface area contributed by atoms with Gasteiger partial charge in [-0.15, -0.1) is 0 Å². The average Bonchev–Trinajstić information content (AvgIpc) is 2.22. The minimum atomic E-state index is -0.391. The fourth-order valence-electron chi connectivity index (χ4n) is 0.791. The molecule has 0 saturated carbocycles. The van der Waals surface area contributed by atoms with Crippen LogP contribution < -0.4 is 5.32 Å². The first-order valence-corrected chi connectivity index (χ1v) is 4.24. The Hall–Kier alpha value is -1.07. The van der Waals surface area contributed by atoms with Crippen LogP contribution in [0.4, 0.5) is 0 Å². The maximum absolute atomic E-state index is 10.6. The number of nitrogens with one attached hydrogen (secondary N) is 1. The van der Waals surface area contributed by atoms with Gasteiger partial charge in [0.2, 0.25) is 0 Å². The summed E-state index contributed by atoms with van der Waals surface area (Å²) in [5.74, 6) is -0.391. The molecule has 0 saturated heterocycles. The molecule has 0 rings (SSSR count). The average molecular weight is 203 g/mol. The van der Waals surface area contributed by atoms with Gasteiger partial charge >= 0.3 is 5.97 Å². The Kier molecular flexibility index (Phi) is 7.87. The fourth-order valence-corrected chi connectivity index (χ4v) is 0.791. The van der Waals surface area contributed by atoms with Crippen molar-refractivity contribution in [3.8, 4) is 0 Å². The molecular weight excluding hydrogens is 186 g/mol. The highest BCUT2D eigenvalue weighted by Gasteiger charge is 2.03. The molecule has 1 unspecified atom stereocenters. The molecule has 1 atom stereocenters. The van der Waals surface area contributed by atoms with Crippen molar-refractivity contribution < 1.29 is 19.0 Å². The van der Waals surface area contributed by atoms with Gasteiger partial charge in [-0.05, 0) is 0 Å². The zero-order chi connectivity index (χ0) is 10.8. The van der Waals surface area contributed by atoms with Gasteiger partial charge in [-0.2, -0.15) is 0 Å². The predicted molar refractivity (Wildman–Crippen MR) is 51.8 cm³/mol. The number of hydrogen-bond donors (Lipinski definition) is 1. The number of methoxy groups -OCH3 is 3. The summed E-state index contributed by atoms with van der Waals surface area (Å²) >= 11 is 0. The van der Waals surface area contributed by atoms with E-state index in [1.807, 2.05) is 0 Å². The molecular formula is C9H17NO4. The van der Waals surface area contributed by atoms with Crippen molar-refractivity contribution in [3.05, 3.63) is 12.3 Å². The van der Waals surface area contributed by atoms with Gasteiger partial charge in [-0.1, -0.05) is 0 Å². The normalized spacial score (nSPS) is 12.8. The molecule has 0 aliphatic rings. The second-order valence-corrected chi connectivity index (χ2v) is 2.58. The van der Waals surface area contributed by atoms with E-state index in [9.17, 15) is 4.79 Å². The van der Waals surface area contributed by atoms with Crippen molar-refractivity contribution in [2.45, 2.75) is 6.10 Å². The van der Waals surface area contributed by atoms with E-state index in [4.69, 9.17) is 9.47 Å². The third-order valence-corrected chi connectivity index (χ3v) is 1.57. The number of carbonyl (C=O) groups excluding carboxylic acids is 1. The number of carbonyl (C=O) groups is 1.